The van der Waals surface area contributed by atoms with Crippen LogP contribution in [0.25, 0.3) is 17.2 Å². The number of halogens is 3. The van der Waals surface area contributed by atoms with Crippen LogP contribution >= 0.6 is 0 Å². The molecule has 1 amide bonds. The molecular weight excluding hydrogens is 463 g/mol. The van der Waals surface area contributed by atoms with Crippen LogP contribution in [0, 0.1) is 6.92 Å². The average Bonchev–Trinajstić information content (AvgIpc) is 3.34. The van der Waals surface area contributed by atoms with Crippen molar-refractivity contribution in [3.05, 3.63) is 118 Å². The number of anilines is 1. The lowest BCUT2D eigenvalue weighted by molar-refractivity contribution is -0.137. The molecule has 5 rings (SSSR count). The molecule has 2 aromatic carbocycles. The number of hydrogen-bond donors (Lipinski definition) is 1. The van der Waals surface area contributed by atoms with Crippen molar-refractivity contribution in [1.29, 1.82) is 0 Å². The minimum absolute atomic E-state index is 0.0548. The van der Waals surface area contributed by atoms with Crippen LogP contribution in [0.4, 0.5) is 18.9 Å². The molecule has 0 bridgehead atoms. The number of benzene rings is 2. The van der Waals surface area contributed by atoms with E-state index in [4.69, 9.17) is 4.98 Å². The third-order valence-electron chi connectivity index (χ3n) is 6.19. The van der Waals surface area contributed by atoms with Gasteiger partial charge >= 0.3 is 6.18 Å². The summed E-state index contributed by atoms with van der Waals surface area (Å²) in [4.78, 5) is 21.8. The number of alkyl halides is 3. The molecule has 4 nitrogen and oxygen atoms in total. The van der Waals surface area contributed by atoms with Crippen molar-refractivity contribution in [1.82, 2.24) is 9.97 Å². The van der Waals surface area contributed by atoms with E-state index >= 15 is 0 Å². The molecule has 1 N–H and O–H groups in total. The summed E-state index contributed by atoms with van der Waals surface area (Å²) in [6, 6.07) is 15.9. The van der Waals surface area contributed by atoms with Crippen molar-refractivity contribution in [3.8, 4) is 11.1 Å². The summed E-state index contributed by atoms with van der Waals surface area (Å²) >= 11 is 0. The lowest BCUT2D eigenvalue weighted by atomic mass is 9.97. The Morgan fingerprint density at radius 3 is 2.69 bits per heavy atom. The number of allylic oxidation sites excluding steroid dienone is 1. The third kappa shape index (κ3) is 4.91. The Bertz CT molecular complexity index is 1480. The monoisotopic (exact) mass is 485 g/mol. The summed E-state index contributed by atoms with van der Waals surface area (Å²) in [5.74, 6) is -0.600. The Labute approximate surface area is 206 Å². The van der Waals surface area contributed by atoms with Gasteiger partial charge in [-0.25, -0.2) is 0 Å². The normalized spacial score (nSPS) is 12.4. The lowest BCUT2D eigenvalue weighted by Crippen LogP contribution is -2.14. The van der Waals surface area contributed by atoms with Gasteiger partial charge in [0.05, 0.1) is 11.3 Å². The van der Waals surface area contributed by atoms with Crippen molar-refractivity contribution >= 4 is 17.7 Å². The highest BCUT2D eigenvalue weighted by molar-refractivity contribution is 6.04. The van der Waals surface area contributed by atoms with Crippen LogP contribution in [0.3, 0.4) is 0 Å². The maximum absolute atomic E-state index is 13.0. The highest BCUT2D eigenvalue weighted by atomic mass is 19.4. The minimum atomic E-state index is -4.51. The molecule has 2 heterocycles. The number of aryl methyl sites for hydroxylation is 1. The Morgan fingerprint density at radius 1 is 1.06 bits per heavy atom. The van der Waals surface area contributed by atoms with Gasteiger partial charge in [0.2, 0.25) is 0 Å². The van der Waals surface area contributed by atoms with E-state index < -0.39 is 17.6 Å². The maximum atomic E-state index is 13.0. The lowest BCUT2D eigenvalue weighted by Gasteiger charge is -2.14. The molecule has 2 aromatic heterocycles. The van der Waals surface area contributed by atoms with Crippen molar-refractivity contribution in [2.45, 2.75) is 25.9 Å². The van der Waals surface area contributed by atoms with Crippen LogP contribution in [-0.4, -0.2) is 15.9 Å². The van der Waals surface area contributed by atoms with E-state index in [0.29, 0.717) is 12.1 Å². The van der Waals surface area contributed by atoms with Gasteiger partial charge in [-0.1, -0.05) is 30.4 Å². The van der Waals surface area contributed by atoms with Gasteiger partial charge in [0.25, 0.3) is 5.91 Å². The molecule has 0 unspecified atom stereocenters. The van der Waals surface area contributed by atoms with Gasteiger partial charge in [-0.15, -0.1) is 0 Å². The predicted octanol–water partition coefficient (Wildman–Crippen LogP) is 6.88. The second-order valence-corrected chi connectivity index (χ2v) is 8.72. The molecule has 0 saturated carbocycles. The standard InChI is InChI=1S/C29H22F3N3O/c1-18-10-11-23(35-28(36)19-5-2-7-22(13-19)29(30,31)32)14-21(18)15-24-16-26(20-6-4-12-33-17-20)25-8-3-9-27(25)34-24/h2-8,10-14,16-17H,9,15H2,1H3,(H,35,36). The summed E-state index contributed by atoms with van der Waals surface area (Å²) < 4.78 is 39.1. The average molecular weight is 486 g/mol. The highest BCUT2D eigenvalue weighted by Crippen LogP contribution is 2.32. The number of rotatable bonds is 5. The van der Waals surface area contributed by atoms with Crippen LogP contribution in [0.1, 0.15) is 44.0 Å². The summed E-state index contributed by atoms with van der Waals surface area (Å²) in [5.41, 5.74) is 6.67. The first-order valence-corrected chi connectivity index (χ1v) is 11.5. The number of carbonyl (C=O) groups excluding carboxylic acids is 1. The number of aromatic nitrogens is 2. The topological polar surface area (TPSA) is 54.9 Å². The fourth-order valence-electron chi connectivity index (χ4n) is 4.32. The summed E-state index contributed by atoms with van der Waals surface area (Å²) in [6.45, 7) is 1.98. The summed E-state index contributed by atoms with van der Waals surface area (Å²) in [7, 11) is 0. The van der Waals surface area contributed by atoms with Gasteiger partial charge in [0.1, 0.15) is 0 Å². The Morgan fingerprint density at radius 2 is 1.92 bits per heavy atom. The number of hydrogen-bond acceptors (Lipinski definition) is 3. The molecule has 0 saturated heterocycles. The van der Waals surface area contributed by atoms with Gasteiger partial charge < -0.3 is 5.32 Å². The molecule has 36 heavy (non-hydrogen) atoms. The number of carbonyl (C=O) groups is 1. The van der Waals surface area contributed by atoms with E-state index in [1.54, 1.807) is 12.3 Å². The number of nitrogens with zero attached hydrogens (tertiary/aromatic N) is 2. The molecule has 0 spiro atoms. The fourth-order valence-corrected chi connectivity index (χ4v) is 4.32. The first-order chi connectivity index (χ1) is 17.3. The van der Waals surface area contributed by atoms with E-state index in [0.717, 1.165) is 57.8 Å². The summed E-state index contributed by atoms with van der Waals surface area (Å²) in [6.07, 6.45) is 4.55. The molecule has 0 atom stereocenters. The van der Waals surface area contributed by atoms with Crippen LogP contribution in [0.5, 0.6) is 0 Å². The van der Waals surface area contributed by atoms with Crippen LogP contribution in [0.15, 0.2) is 79.1 Å². The van der Waals surface area contributed by atoms with Gasteiger partial charge in [0.15, 0.2) is 0 Å². The van der Waals surface area contributed by atoms with Gasteiger partial charge in [-0.3, -0.25) is 14.8 Å². The van der Waals surface area contributed by atoms with Crippen molar-refractivity contribution in [2.24, 2.45) is 0 Å². The quantitative estimate of drug-likeness (QED) is 0.335. The SMILES string of the molecule is Cc1ccc(NC(=O)c2cccc(C(F)(F)F)c2)cc1Cc1cc(-c2cccnc2)c2c(n1)CC=C2. The smallest absolute Gasteiger partial charge is 0.322 e. The van der Waals surface area contributed by atoms with Crippen LogP contribution in [0.2, 0.25) is 0 Å². The zero-order valence-electron chi connectivity index (χ0n) is 19.4. The van der Waals surface area contributed by atoms with E-state index in [9.17, 15) is 18.0 Å². The molecule has 1 aliphatic rings. The number of fused-ring (bicyclic) bond motifs is 1. The second-order valence-electron chi connectivity index (χ2n) is 8.72. The van der Waals surface area contributed by atoms with E-state index in [2.05, 4.69) is 28.5 Å². The van der Waals surface area contributed by atoms with Crippen molar-refractivity contribution in [3.63, 3.8) is 0 Å². The first kappa shape index (κ1) is 23.5. The number of pyridine rings is 2. The minimum Gasteiger partial charge on any atom is -0.322 e. The van der Waals surface area contributed by atoms with Crippen LogP contribution < -0.4 is 5.32 Å². The van der Waals surface area contributed by atoms with Crippen molar-refractivity contribution in [2.75, 3.05) is 5.32 Å². The first-order valence-electron chi connectivity index (χ1n) is 11.5. The Hall–Kier alpha value is -4.26. The van der Waals surface area contributed by atoms with Gasteiger partial charge in [0, 0.05) is 53.3 Å². The molecule has 0 fully saturated rings. The molecule has 4 aromatic rings. The van der Waals surface area contributed by atoms with E-state index in [1.807, 2.05) is 37.4 Å². The van der Waals surface area contributed by atoms with E-state index in [1.165, 1.54) is 12.1 Å². The molecule has 1 aliphatic carbocycles. The van der Waals surface area contributed by atoms with Gasteiger partial charge in [-0.2, -0.15) is 13.2 Å². The second kappa shape index (κ2) is 9.41. The largest absolute Gasteiger partial charge is 0.416 e. The number of nitrogens with one attached hydrogen (secondary N) is 1. The molecular formula is C29H22F3N3O. The van der Waals surface area contributed by atoms with E-state index in [-0.39, 0.29) is 5.56 Å². The Kier molecular flexibility index (Phi) is 6.14. The zero-order chi connectivity index (χ0) is 25.3. The van der Waals surface area contributed by atoms with Gasteiger partial charge in [-0.05, 0) is 66.1 Å². The molecule has 180 valence electrons. The van der Waals surface area contributed by atoms with Crippen LogP contribution in [-0.2, 0) is 19.0 Å². The van der Waals surface area contributed by atoms with Crippen molar-refractivity contribution < 1.29 is 18.0 Å². The molecule has 0 radical (unpaired) electrons. The Balaban J connectivity index is 1.41. The third-order valence-corrected chi connectivity index (χ3v) is 6.19. The molecule has 0 aliphatic heterocycles. The summed E-state index contributed by atoms with van der Waals surface area (Å²) in [5, 5.41) is 2.72. The predicted molar refractivity (Wildman–Crippen MR) is 134 cm³/mol. The zero-order valence-corrected chi connectivity index (χ0v) is 19.4. The highest BCUT2D eigenvalue weighted by Gasteiger charge is 2.31. The fraction of sp³-hybridized carbons (Fsp3) is 0.138. The maximum Gasteiger partial charge on any atom is 0.416 e. The number of amides is 1. The molecule has 7 heteroatoms.